The molecule has 6 heteroatoms. The van der Waals surface area contributed by atoms with Crippen LogP contribution in [0.4, 0.5) is 0 Å². The zero-order valence-corrected chi connectivity index (χ0v) is 16.8. The molecule has 0 N–H and O–H groups in total. The lowest BCUT2D eigenvalue weighted by Crippen LogP contribution is -2.23. The maximum atomic E-state index is 12.9. The first kappa shape index (κ1) is 17.8. The van der Waals surface area contributed by atoms with Gasteiger partial charge in [0.15, 0.2) is 11.5 Å². The van der Waals surface area contributed by atoms with Gasteiger partial charge in [-0.2, -0.15) is 5.10 Å². The van der Waals surface area contributed by atoms with E-state index in [0.717, 1.165) is 42.4 Å². The fraction of sp³-hybridized carbons (Fsp3) is 0.417. The number of hydrogen-bond donors (Lipinski definition) is 0. The highest BCUT2D eigenvalue weighted by molar-refractivity contribution is 6.04. The third-order valence-electron chi connectivity index (χ3n) is 6.77. The normalized spacial score (nSPS) is 24.0. The highest BCUT2D eigenvalue weighted by Crippen LogP contribution is 2.45. The number of amides is 1. The summed E-state index contributed by atoms with van der Waals surface area (Å²) in [5.41, 5.74) is 3.88. The third-order valence-corrected chi connectivity index (χ3v) is 6.77. The summed E-state index contributed by atoms with van der Waals surface area (Å²) in [6.45, 7) is 1.56. The molecule has 1 fully saturated rings. The Bertz CT molecular complexity index is 1050. The second kappa shape index (κ2) is 7.04. The average Bonchev–Trinajstić information content (AvgIpc) is 3.52. The summed E-state index contributed by atoms with van der Waals surface area (Å²) in [5.74, 6) is 3.60. The Labute approximate surface area is 175 Å². The van der Waals surface area contributed by atoms with Gasteiger partial charge in [-0.15, -0.1) is 0 Å². The molecule has 1 amide bonds. The molecule has 2 aromatic carbocycles. The minimum atomic E-state index is -0.122. The van der Waals surface area contributed by atoms with Gasteiger partial charge in [0.25, 0.3) is 5.91 Å². The molecule has 3 aliphatic heterocycles. The highest BCUT2D eigenvalue weighted by Gasteiger charge is 2.31. The van der Waals surface area contributed by atoms with E-state index >= 15 is 0 Å². The van der Waals surface area contributed by atoms with Gasteiger partial charge in [-0.25, -0.2) is 5.01 Å². The number of carbonyl (C=O) groups excluding carboxylic acids is 1. The Hall–Kier alpha value is -3.02. The smallest absolute Gasteiger partial charge is 0.274 e. The molecule has 4 aliphatic rings. The second-order valence-electron chi connectivity index (χ2n) is 8.56. The molecule has 2 unspecified atom stereocenters. The Morgan fingerprint density at radius 2 is 1.90 bits per heavy atom. The zero-order valence-electron chi connectivity index (χ0n) is 16.8. The number of fused-ring (bicyclic) bond motifs is 5. The van der Waals surface area contributed by atoms with Crippen LogP contribution in [0.5, 0.6) is 17.2 Å². The molecule has 30 heavy (non-hydrogen) atoms. The first-order valence-electron chi connectivity index (χ1n) is 10.8. The molecule has 1 aliphatic carbocycles. The first-order chi connectivity index (χ1) is 14.7. The van der Waals surface area contributed by atoms with Crippen LogP contribution < -0.4 is 14.2 Å². The lowest BCUT2D eigenvalue weighted by molar-refractivity contribution is 0.0778. The van der Waals surface area contributed by atoms with Crippen LogP contribution in [0.1, 0.15) is 59.5 Å². The van der Waals surface area contributed by atoms with Crippen molar-refractivity contribution in [2.24, 2.45) is 11.0 Å². The van der Waals surface area contributed by atoms with E-state index in [0.29, 0.717) is 29.5 Å². The van der Waals surface area contributed by atoms with Crippen molar-refractivity contribution in [1.82, 2.24) is 5.01 Å². The van der Waals surface area contributed by atoms with Crippen LogP contribution in [0.3, 0.4) is 0 Å². The lowest BCUT2D eigenvalue weighted by Gasteiger charge is -2.21. The molecule has 2 bridgehead atoms. The van der Waals surface area contributed by atoms with Crippen molar-refractivity contribution in [3.8, 4) is 17.2 Å². The Kier molecular flexibility index (Phi) is 4.18. The van der Waals surface area contributed by atoms with Crippen molar-refractivity contribution in [1.29, 1.82) is 0 Å². The third kappa shape index (κ3) is 3.02. The van der Waals surface area contributed by atoms with Gasteiger partial charge in [0.2, 0.25) is 6.79 Å². The Morgan fingerprint density at radius 1 is 0.967 bits per heavy atom. The maximum absolute atomic E-state index is 12.9. The highest BCUT2D eigenvalue weighted by atomic mass is 16.7. The van der Waals surface area contributed by atoms with Crippen molar-refractivity contribution >= 4 is 11.6 Å². The summed E-state index contributed by atoms with van der Waals surface area (Å²) in [7, 11) is 0. The first-order valence-corrected chi connectivity index (χ1v) is 10.8. The fourth-order valence-electron chi connectivity index (χ4n) is 5.12. The van der Waals surface area contributed by atoms with E-state index in [2.05, 4.69) is 23.3 Å². The summed E-state index contributed by atoms with van der Waals surface area (Å²) in [4.78, 5) is 12.9. The number of hydrogen-bond acceptors (Lipinski definition) is 5. The topological polar surface area (TPSA) is 60.4 Å². The zero-order chi connectivity index (χ0) is 20.1. The minimum absolute atomic E-state index is 0.122. The molecular weight excluding hydrogens is 380 g/mol. The fourth-order valence-corrected chi connectivity index (χ4v) is 5.12. The summed E-state index contributed by atoms with van der Waals surface area (Å²) in [5, 5.41) is 6.19. The molecule has 2 aromatic rings. The van der Waals surface area contributed by atoms with Gasteiger partial charge in [0.1, 0.15) is 5.75 Å². The number of benzene rings is 2. The van der Waals surface area contributed by atoms with E-state index < -0.39 is 0 Å². The Morgan fingerprint density at radius 3 is 2.87 bits per heavy atom. The monoisotopic (exact) mass is 404 g/mol. The van der Waals surface area contributed by atoms with Crippen LogP contribution >= 0.6 is 0 Å². The second-order valence-corrected chi connectivity index (χ2v) is 8.56. The molecule has 6 nitrogen and oxygen atoms in total. The van der Waals surface area contributed by atoms with E-state index in [9.17, 15) is 4.79 Å². The molecule has 6 rings (SSSR count). The molecule has 1 saturated carbocycles. The molecule has 0 aromatic heterocycles. The number of ether oxygens (including phenoxy) is 3. The molecule has 3 heterocycles. The van der Waals surface area contributed by atoms with E-state index in [1.165, 1.54) is 24.8 Å². The average molecular weight is 404 g/mol. The van der Waals surface area contributed by atoms with Gasteiger partial charge < -0.3 is 14.2 Å². The van der Waals surface area contributed by atoms with Gasteiger partial charge in [0.05, 0.1) is 18.9 Å². The van der Waals surface area contributed by atoms with Crippen molar-refractivity contribution < 1.29 is 19.0 Å². The largest absolute Gasteiger partial charge is 0.493 e. The van der Waals surface area contributed by atoms with Gasteiger partial charge in [-0.1, -0.05) is 12.1 Å². The summed E-state index contributed by atoms with van der Waals surface area (Å²) in [6.07, 6.45) is 5.76. The molecule has 0 radical (unpaired) electrons. The van der Waals surface area contributed by atoms with Crippen molar-refractivity contribution in [2.75, 3.05) is 19.9 Å². The predicted molar refractivity (Wildman–Crippen MR) is 111 cm³/mol. The van der Waals surface area contributed by atoms with Crippen molar-refractivity contribution in [2.45, 2.75) is 38.0 Å². The van der Waals surface area contributed by atoms with Crippen LogP contribution in [-0.4, -0.2) is 36.6 Å². The van der Waals surface area contributed by atoms with Gasteiger partial charge in [-0.05, 0) is 67.3 Å². The van der Waals surface area contributed by atoms with Crippen LogP contribution in [0.2, 0.25) is 0 Å². The minimum Gasteiger partial charge on any atom is -0.493 e. The lowest BCUT2D eigenvalue weighted by atomic mass is 9.92. The molecule has 154 valence electrons. The summed E-state index contributed by atoms with van der Waals surface area (Å²) in [6, 6.07) is 11.7. The number of hydrazone groups is 1. The maximum Gasteiger partial charge on any atom is 0.274 e. The molecule has 0 saturated heterocycles. The number of rotatable bonds is 2. The number of carbonyl (C=O) groups is 1. The predicted octanol–water partition coefficient (Wildman–Crippen LogP) is 4.33. The molecule has 0 spiro atoms. The van der Waals surface area contributed by atoms with E-state index in [1.807, 2.05) is 0 Å². The quantitative estimate of drug-likeness (QED) is 0.747. The van der Waals surface area contributed by atoms with Crippen molar-refractivity contribution in [3.05, 3.63) is 53.1 Å². The van der Waals surface area contributed by atoms with Crippen molar-refractivity contribution in [3.63, 3.8) is 0 Å². The van der Waals surface area contributed by atoms with Crippen LogP contribution in [0.25, 0.3) is 0 Å². The van der Waals surface area contributed by atoms with E-state index in [-0.39, 0.29) is 12.7 Å². The SMILES string of the molecule is O=C(c1ccc2c(c1)OCO2)N1CCC(c2ccc3c(c2)OCCC2CCC3C2)=N1. The van der Waals surface area contributed by atoms with Gasteiger partial charge in [-0.3, -0.25) is 4.79 Å². The standard InChI is InChI=1S/C24H24N2O4/c27-24(18-4-6-21-23(13-18)30-14-29-21)26-9-7-20(25-26)17-3-5-19-16-2-1-15(11-16)8-10-28-22(19)12-17/h3-6,12-13,15-16H,1-2,7-11,14H2. The van der Waals surface area contributed by atoms with Crippen LogP contribution in [0, 0.1) is 5.92 Å². The van der Waals surface area contributed by atoms with Gasteiger partial charge >= 0.3 is 0 Å². The van der Waals surface area contributed by atoms with Gasteiger partial charge in [0, 0.05) is 17.5 Å². The van der Waals surface area contributed by atoms with E-state index in [1.54, 1.807) is 23.2 Å². The summed E-state index contributed by atoms with van der Waals surface area (Å²) < 4.78 is 16.9. The Balaban J connectivity index is 1.25. The van der Waals surface area contributed by atoms with Crippen LogP contribution in [-0.2, 0) is 0 Å². The number of nitrogens with zero attached hydrogens (tertiary/aromatic N) is 2. The molecular formula is C24H24N2O4. The van der Waals surface area contributed by atoms with Crippen LogP contribution in [0.15, 0.2) is 41.5 Å². The van der Waals surface area contributed by atoms with E-state index in [4.69, 9.17) is 14.2 Å². The molecule has 2 atom stereocenters. The summed E-state index contributed by atoms with van der Waals surface area (Å²) >= 11 is 0.